The van der Waals surface area contributed by atoms with E-state index in [1.54, 1.807) is 0 Å². The topological polar surface area (TPSA) is 60.4 Å². The fourth-order valence-electron chi connectivity index (χ4n) is 1.25. The molecule has 16 heavy (non-hydrogen) atoms. The molecule has 0 bridgehead atoms. The number of rotatable bonds is 3. The van der Waals surface area contributed by atoms with Crippen molar-refractivity contribution in [3.8, 4) is 0 Å². The molecule has 0 spiro atoms. The molecule has 1 aromatic carbocycles. The highest BCUT2D eigenvalue weighted by molar-refractivity contribution is 8.13. The number of hydrogen-bond acceptors (Lipinski definition) is 4. The van der Waals surface area contributed by atoms with Crippen LogP contribution in [0.25, 0.3) is 0 Å². The Hall–Kier alpha value is -0.780. The molecule has 4 nitrogen and oxygen atoms in total. The normalized spacial score (nSPS) is 11.2. The van der Waals surface area contributed by atoms with Crippen molar-refractivity contribution in [1.29, 1.82) is 0 Å². The van der Waals surface area contributed by atoms with Crippen LogP contribution in [0, 0.1) is 0 Å². The van der Waals surface area contributed by atoms with Crippen LogP contribution in [0.4, 0.5) is 0 Å². The molecule has 0 N–H and O–H groups in total. The van der Waals surface area contributed by atoms with E-state index in [1.165, 1.54) is 12.1 Å². The lowest BCUT2D eigenvalue weighted by molar-refractivity contribution is 0.0750. The van der Waals surface area contributed by atoms with Gasteiger partial charge in [0.15, 0.2) is 0 Å². The molecule has 0 aliphatic carbocycles. The lowest BCUT2D eigenvalue weighted by Gasteiger charge is -2.05. The van der Waals surface area contributed by atoms with Crippen LogP contribution in [0.3, 0.4) is 0 Å². The first-order valence-electron chi connectivity index (χ1n) is 4.30. The van der Waals surface area contributed by atoms with Crippen LogP contribution in [-0.4, -0.2) is 14.4 Å². The second-order valence-electron chi connectivity index (χ2n) is 2.97. The minimum atomic E-state index is -3.87. The van der Waals surface area contributed by atoms with Gasteiger partial charge < -0.3 is 4.29 Å². The summed E-state index contributed by atoms with van der Waals surface area (Å²) in [5.41, 5.74) is 0.731. The maximum atomic E-state index is 11.3. The monoisotopic (exact) mass is 282 g/mol. The highest BCUT2D eigenvalue weighted by Gasteiger charge is 2.17. The summed E-state index contributed by atoms with van der Waals surface area (Å²) < 4.78 is 26.2. The lowest BCUT2D eigenvalue weighted by atomic mass is 10.1. The van der Waals surface area contributed by atoms with Gasteiger partial charge in [0.05, 0.1) is 10.5 Å². The van der Waals surface area contributed by atoms with E-state index in [2.05, 4.69) is 4.29 Å². The molecule has 0 radical (unpaired) electrons. The SMILES string of the molecule is CCc1ccc(S(=O)(=O)Cl)cc1C(=O)OCl. The summed E-state index contributed by atoms with van der Waals surface area (Å²) in [7, 11) is 1.29. The molecule has 0 saturated carbocycles. The Morgan fingerprint density at radius 3 is 2.50 bits per heavy atom. The Bertz CT molecular complexity index is 510. The van der Waals surface area contributed by atoms with Crippen LogP contribution in [0.1, 0.15) is 22.8 Å². The molecule has 1 aromatic rings. The van der Waals surface area contributed by atoms with Crippen molar-refractivity contribution >= 4 is 37.6 Å². The van der Waals surface area contributed by atoms with Gasteiger partial charge in [0.1, 0.15) is 11.9 Å². The summed E-state index contributed by atoms with van der Waals surface area (Å²) in [6.07, 6.45) is 0.546. The average molecular weight is 283 g/mol. The Balaban J connectivity index is 3.38. The summed E-state index contributed by atoms with van der Waals surface area (Å²) in [5.74, 6) is -0.805. The third kappa shape index (κ3) is 2.87. The first-order valence-corrected chi connectivity index (χ1v) is 6.92. The van der Waals surface area contributed by atoms with Gasteiger partial charge in [-0.3, -0.25) is 0 Å². The Morgan fingerprint density at radius 1 is 1.44 bits per heavy atom. The smallest absolute Gasteiger partial charge is 0.343 e. The molecule has 1 rings (SSSR count). The highest BCUT2D eigenvalue weighted by atomic mass is 35.7. The maximum Gasteiger partial charge on any atom is 0.356 e. The summed E-state index contributed by atoms with van der Waals surface area (Å²) in [6.45, 7) is 1.81. The number of halogens is 2. The van der Waals surface area contributed by atoms with Crippen molar-refractivity contribution in [3.05, 3.63) is 29.3 Å². The third-order valence-corrected chi connectivity index (χ3v) is 3.53. The minimum absolute atomic E-state index is 0.0965. The van der Waals surface area contributed by atoms with Gasteiger partial charge in [-0.25, -0.2) is 13.2 Å². The zero-order valence-electron chi connectivity index (χ0n) is 8.24. The van der Waals surface area contributed by atoms with E-state index in [9.17, 15) is 13.2 Å². The predicted octanol–water partition coefficient (Wildman–Crippen LogP) is 2.49. The summed E-state index contributed by atoms with van der Waals surface area (Å²) >= 11 is 4.95. The molecule has 0 atom stereocenters. The standard InChI is InChI=1S/C9H8Cl2O4S/c1-2-6-3-4-7(16(11,13)14)5-8(6)9(12)15-10/h3-5H,2H2,1H3. The van der Waals surface area contributed by atoms with Gasteiger partial charge in [0.2, 0.25) is 0 Å². The molecule has 0 aliphatic heterocycles. The molecule has 0 unspecified atom stereocenters. The zero-order chi connectivity index (χ0) is 12.3. The van der Waals surface area contributed by atoms with E-state index >= 15 is 0 Å². The molecule has 0 saturated heterocycles. The number of hydrogen-bond donors (Lipinski definition) is 0. The summed E-state index contributed by atoms with van der Waals surface area (Å²) in [6, 6.07) is 3.97. The van der Waals surface area contributed by atoms with Gasteiger partial charge in [-0.05, 0) is 24.1 Å². The van der Waals surface area contributed by atoms with E-state index in [0.717, 1.165) is 6.07 Å². The third-order valence-electron chi connectivity index (χ3n) is 2.03. The van der Waals surface area contributed by atoms with E-state index in [0.29, 0.717) is 12.0 Å². The second-order valence-corrected chi connectivity index (χ2v) is 5.70. The van der Waals surface area contributed by atoms with Crippen molar-refractivity contribution in [3.63, 3.8) is 0 Å². The number of aryl methyl sites for hydroxylation is 1. The molecule has 0 heterocycles. The predicted molar refractivity (Wildman–Crippen MR) is 60.1 cm³/mol. The Kier molecular flexibility index (Phi) is 4.18. The fourth-order valence-corrected chi connectivity index (χ4v) is 2.11. The number of benzene rings is 1. The quantitative estimate of drug-likeness (QED) is 0.799. The Labute approximate surface area is 103 Å². The van der Waals surface area contributed by atoms with E-state index in [1.807, 2.05) is 6.92 Å². The maximum absolute atomic E-state index is 11.3. The molecular formula is C9H8Cl2O4S. The number of carbonyl (C=O) groups excluding carboxylic acids is 1. The molecule has 7 heteroatoms. The largest absolute Gasteiger partial charge is 0.356 e. The molecule has 0 aromatic heterocycles. The number of carbonyl (C=O) groups is 1. The summed E-state index contributed by atoms with van der Waals surface area (Å²) in [5, 5.41) is 0. The summed E-state index contributed by atoms with van der Waals surface area (Å²) in [4.78, 5) is 11.1. The van der Waals surface area contributed by atoms with Crippen LogP contribution in [0.5, 0.6) is 0 Å². The highest BCUT2D eigenvalue weighted by Crippen LogP contribution is 2.21. The fraction of sp³-hybridized carbons (Fsp3) is 0.222. The van der Waals surface area contributed by atoms with E-state index in [-0.39, 0.29) is 10.5 Å². The zero-order valence-corrected chi connectivity index (χ0v) is 10.6. The first-order chi connectivity index (χ1) is 7.40. The molecule has 0 amide bonds. The van der Waals surface area contributed by atoms with Crippen molar-refractivity contribution in [1.82, 2.24) is 0 Å². The van der Waals surface area contributed by atoms with Crippen LogP contribution in [-0.2, 0) is 19.8 Å². The van der Waals surface area contributed by atoms with Crippen molar-refractivity contribution in [2.24, 2.45) is 0 Å². The van der Waals surface area contributed by atoms with Crippen molar-refractivity contribution in [2.75, 3.05) is 0 Å². The van der Waals surface area contributed by atoms with Crippen molar-refractivity contribution in [2.45, 2.75) is 18.2 Å². The Morgan fingerprint density at radius 2 is 2.06 bits per heavy atom. The van der Waals surface area contributed by atoms with E-state index < -0.39 is 15.0 Å². The van der Waals surface area contributed by atoms with Crippen LogP contribution >= 0.6 is 22.5 Å². The van der Waals surface area contributed by atoms with Gasteiger partial charge in [0.25, 0.3) is 9.05 Å². The van der Waals surface area contributed by atoms with Crippen LogP contribution in [0.15, 0.2) is 23.1 Å². The van der Waals surface area contributed by atoms with Gasteiger partial charge in [-0.1, -0.05) is 13.0 Å². The van der Waals surface area contributed by atoms with Crippen molar-refractivity contribution < 1.29 is 17.5 Å². The van der Waals surface area contributed by atoms with Crippen LogP contribution in [0.2, 0.25) is 0 Å². The lowest BCUT2D eigenvalue weighted by Crippen LogP contribution is -2.05. The second kappa shape index (κ2) is 5.03. The molecule has 88 valence electrons. The van der Waals surface area contributed by atoms with Gasteiger partial charge in [-0.15, -0.1) is 0 Å². The van der Waals surface area contributed by atoms with E-state index in [4.69, 9.17) is 22.5 Å². The van der Waals surface area contributed by atoms with Gasteiger partial charge in [0, 0.05) is 10.7 Å². The van der Waals surface area contributed by atoms with Crippen LogP contribution < -0.4 is 0 Å². The minimum Gasteiger partial charge on any atom is -0.343 e. The molecular weight excluding hydrogens is 275 g/mol. The van der Waals surface area contributed by atoms with Gasteiger partial charge >= 0.3 is 5.97 Å². The van der Waals surface area contributed by atoms with Gasteiger partial charge in [-0.2, -0.15) is 0 Å². The first kappa shape index (κ1) is 13.3. The molecule has 0 aliphatic rings. The average Bonchev–Trinajstić information content (AvgIpc) is 2.25. The molecule has 0 fully saturated rings.